The summed E-state index contributed by atoms with van der Waals surface area (Å²) in [6.07, 6.45) is 0.701. The minimum atomic E-state index is -0.111. The maximum atomic E-state index is 6.29. The molecule has 106 valence electrons. The van der Waals surface area contributed by atoms with Gasteiger partial charge < -0.3 is 10.5 Å². The van der Waals surface area contributed by atoms with Crippen LogP contribution in [0.25, 0.3) is 0 Å². The van der Waals surface area contributed by atoms with Gasteiger partial charge in [0.05, 0.1) is 6.61 Å². The van der Waals surface area contributed by atoms with E-state index in [9.17, 15) is 0 Å². The second-order valence-corrected chi connectivity index (χ2v) is 5.78. The predicted octanol–water partition coefficient (Wildman–Crippen LogP) is 4.74. The summed E-state index contributed by atoms with van der Waals surface area (Å²) in [6, 6.07) is 13.6. The van der Waals surface area contributed by atoms with Crippen molar-refractivity contribution in [3.8, 4) is 5.75 Å². The highest BCUT2D eigenvalue weighted by Gasteiger charge is 2.13. The molecule has 0 aromatic heterocycles. The first-order valence-corrected chi connectivity index (χ1v) is 7.70. The van der Waals surface area contributed by atoms with E-state index in [0.29, 0.717) is 13.0 Å². The van der Waals surface area contributed by atoms with Gasteiger partial charge in [-0.3, -0.25) is 0 Å². The number of rotatable bonds is 5. The quantitative estimate of drug-likeness (QED) is 0.841. The van der Waals surface area contributed by atoms with Crippen molar-refractivity contribution in [1.82, 2.24) is 0 Å². The SMILES string of the molecule is CCOc1ccc(C(N)Cc2ccccc2Cl)c(Br)c1. The van der Waals surface area contributed by atoms with Crippen LogP contribution in [0.2, 0.25) is 5.02 Å². The van der Waals surface area contributed by atoms with Crippen molar-refractivity contribution in [3.05, 3.63) is 63.1 Å². The van der Waals surface area contributed by atoms with Gasteiger partial charge in [-0.15, -0.1) is 0 Å². The summed E-state index contributed by atoms with van der Waals surface area (Å²) >= 11 is 9.73. The van der Waals surface area contributed by atoms with Crippen molar-refractivity contribution in [2.45, 2.75) is 19.4 Å². The van der Waals surface area contributed by atoms with E-state index in [0.717, 1.165) is 26.4 Å². The van der Waals surface area contributed by atoms with Crippen LogP contribution in [-0.4, -0.2) is 6.61 Å². The summed E-state index contributed by atoms with van der Waals surface area (Å²) in [6.45, 7) is 2.61. The Hall–Kier alpha value is -1.03. The summed E-state index contributed by atoms with van der Waals surface area (Å²) in [4.78, 5) is 0. The third-order valence-electron chi connectivity index (χ3n) is 3.08. The van der Waals surface area contributed by atoms with E-state index >= 15 is 0 Å². The van der Waals surface area contributed by atoms with Crippen LogP contribution in [0.3, 0.4) is 0 Å². The Morgan fingerprint density at radius 1 is 1.25 bits per heavy atom. The van der Waals surface area contributed by atoms with Crippen LogP contribution in [0, 0.1) is 0 Å². The Balaban J connectivity index is 2.17. The molecule has 2 aromatic rings. The second-order valence-electron chi connectivity index (χ2n) is 4.52. The van der Waals surface area contributed by atoms with Crippen molar-refractivity contribution in [2.75, 3.05) is 6.61 Å². The van der Waals surface area contributed by atoms with E-state index < -0.39 is 0 Å². The average Bonchev–Trinajstić information content (AvgIpc) is 2.42. The van der Waals surface area contributed by atoms with Gasteiger partial charge >= 0.3 is 0 Å². The number of hydrogen-bond acceptors (Lipinski definition) is 2. The third-order valence-corrected chi connectivity index (χ3v) is 4.14. The number of benzene rings is 2. The average molecular weight is 355 g/mol. The van der Waals surface area contributed by atoms with Gasteiger partial charge in [0.2, 0.25) is 0 Å². The lowest BCUT2D eigenvalue weighted by Crippen LogP contribution is -2.14. The number of halogens is 2. The van der Waals surface area contributed by atoms with Gasteiger partial charge in [-0.1, -0.05) is 51.8 Å². The van der Waals surface area contributed by atoms with Crippen LogP contribution in [0.15, 0.2) is 46.9 Å². The summed E-state index contributed by atoms with van der Waals surface area (Å²) in [7, 11) is 0. The molecular weight excluding hydrogens is 338 g/mol. The van der Waals surface area contributed by atoms with Gasteiger partial charge in [-0.05, 0) is 42.7 Å². The first-order valence-electron chi connectivity index (χ1n) is 6.53. The topological polar surface area (TPSA) is 35.2 Å². The molecule has 0 fully saturated rings. The van der Waals surface area contributed by atoms with Gasteiger partial charge in [0.25, 0.3) is 0 Å². The van der Waals surface area contributed by atoms with Crippen molar-refractivity contribution in [3.63, 3.8) is 0 Å². The molecule has 0 radical (unpaired) electrons. The van der Waals surface area contributed by atoms with Crippen LogP contribution in [0.4, 0.5) is 0 Å². The van der Waals surface area contributed by atoms with Gasteiger partial charge in [0, 0.05) is 15.5 Å². The smallest absolute Gasteiger partial charge is 0.120 e. The highest BCUT2D eigenvalue weighted by Crippen LogP contribution is 2.29. The van der Waals surface area contributed by atoms with Crippen LogP contribution >= 0.6 is 27.5 Å². The van der Waals surface area contributed by atoms with Gasteiger partial charge in [-0.25, -0.2) is 0 Å². The molecule has 2 N–H and O–H groups in total. The van der Waals surface area contributed by atoms with Crippen LogP contribution in [0.1, 0.15) is 24.1 Å². The minimum absolute atomic E-state index is 0.111. The Morgan fingerprint density at radius 2 is 2.00 bits per heavy atom. The lowest BCUT2D eigenvalue weighted by Gasteiger charge is -2.16. The van der Waals surface area contributed by atoms with Crippen LogP contribution in [-0.2, 0) is 6.42 Å². The zero-order chi connectivity index (χ0) is 14.5. The van der Waals surface area contributed by atoms with Gasteiger partial charge in [0.1, 0.15) is 5.75 Å². The van der Waals surface area contributed by atoms with E-state index in [-0.39, 0.29) is 6.04 Å². The van der Waals surface area contributed by atoms with E-state index in [4.69, 9.17) is 22.1 Å². The highest BCUT2D eigenvalue weighted by atomic mass is 79.9. The molecule has 1 unspecified atom stereocenters. The molecule has 1 atom stereocenters. The molecule has 0 spiro atoms. The summed E-state index contributed by atoms with van der Waals surface area (Å²) < 4.78 is 6.43. The van der Waals surface area contributed by atoms with Crippen molar-refractivity contribution in [1.29, 1.82) is 0 Å². The van der Waals surface area contributed by atoms with E-state index in [1.165, 1.54) is 0 Å². The first kappa shape index (κ1) is 15.4. The predicted molar refractivity (Wildman–Crippen MR) is 87.4 cm³/mol. The lowest BCUT2D eigenvalue weighted by atomic mass is 9.99. The van der Waals surface area contributed by atoms with Crippen molar-refractivity contribution >= 4 is 27.5 Å². The van der Waals surface area contributed by atoms with E-state index in [2.05, 4.69) is 15.9 Å². The molecular formula is C16H17BrClNO. The van der Waals surface area contributed by atoms with Crippen LogP contribution in [0.5, 0.6) is 5.75 Å². The molecule has 0 saturated heterocycles. The van der Waals surface area contributed by atoms with E-state index in [1.807, 2.05) is 49.4 Å². The number of nitrogens with two attached hydrogens (primary N) is 1. The molecule has 0 aliphatic heterocycles. The third kappa shape index (κ3) is 3.75. The fourth-order valence-electron chi connectivity index (χ4n) is 2.08. The molecule has 0 heterocycles. The summed E-state index contributed by atoms with van der Waals surface area (Å²) in [5.74, 6) is 0.841. The molecule has 20 heavy (non-hydrogen) atoms. The summed E-state index contributed by atoms with van der Waals surface area (Å²) in [5, 5.41) is 0.755. The molecule has 2 rings (SSSR count). The second kappa shape index (κ2) is 7.11. The number of hydrogen-bond donors (Lipinski definition) is 1. The minimum Gasteiger partial charge on any atom is -0.494 e. The number of ether oxygens (including phenoxy) is 1. The maximum Gasteiger partial charge on any atom is 0.120 e. The Morgan fingerprint density at radius 3 is 2.65 bits per heavy atom. The Bertz CT molecular complexity index is 588. The maximum absolute atomic E-state index is 6.29. The normalized spacial score (nSPS) is 12.2. The van der Waals surface area contributed by atoms with Gasteiger partial charge in [-0.2, -0.15) is 0 Å². The van der Waals surface area contributed by atoms with Crippen LogP contribution < -0.4 is 10.5 Å². The molecule has 0 aliphatic carbocycles. The highest BCUT2D eigenvalue weighted by molar-refractivity contribution is 9.10. The lowest BCUT2D eigenvalue weighted by molar-refractivity contribution is 0.340. The molecule has 4 heteroatoms. The summed E-state index contributed by atoms with van der Waals surface area (Å²) in [5.41, 5.74) is 8.40. The first-order chi connectivity index (χ1) is 9.61. The molecule has 0 bridgehead atoms. The molecule has 2 nitrogen and oxygen atoms in total. The largest absolute Gasteiger partial charge is 0.494 e. The van der Waals surface area contributed by atoms with E-state index in [1.54, 1.807) is 0 Å². The fraction of sp³-hybridized carbons (Fsp3) is 0.250. The fourth-order valence-corrected chi connectivity index (χ4v) is 2.94. The zero-order valence-electron chi connectivity index (χ0n) is 11.3. The Kier molecular flexibility index (Phi) is 5.46. The molecule has 0 saturated carbocycles. The standard InChI is InChI=1S/C16H17BrClNO/c1-2-20-12-7-8-13(14(17)10-12)16(19)9-11-5-3-4-6-15(11)18/h3-8,10,16H,2,9,19H2,1H3. The van der Waals surface area contributed by atoms with Gasteiger partial charge in [0.15, 0.2) is 0 Å². The molecule has 2 aromatic carbocycles. The van der Waals surface area contributed by atoms with Crippen molar-refractivity contribution < 1.29 is 4.74 Å². The van der Waals surface area contributed by atoms with Crippen molar-refractivity contribution in [2.24, 2.45) is 5.73 Å². The molecule has 0 aliphatic rings. The monoisotopic (exact) mass is 353 g/mol. The zero-order valence-corrected chi connectivity index (χ0v) is 13.6. The Labute approximate surface area is 133 Å². The molecule has 0 amide bonds.